The Balaban J connectivity index is 1.38. The zero-order valence-electron chi connectivity index (χ0n) is 19.2. The van der Waals surface area contributed by atoms with E-state index in [4.69, 9.17) is 21.1 Å². The Morgan fingerprint density at radius 2 is 1.91 bits per heavy atom. The first-order valence-corrected chi connectivity index (χ1v) is 11.7. The fourth-order valence-corrected chi connectivity index (χ4v) is 4.52. The maximum Gasteiger partial charge on any atom is 0.257 e. The van der Waals surface area contributed by atoms with Crippen LogP contribution in [0.1, 0.15) is 42.1 Å². The Morgan fingerprint density at radius 1 is 1.15 bits per heavy atom. The molecule has 3 atom stereocenters. The van der Waals surface area contributed by atoms with Crippen LogP contribution in [-0.2, 0) is 20.9 Å². The van der Waals surface area contributed by atoms with E-state index in [0.29, 0.717) is 41.4 Å². The molecule has 0 spiro atoms. The molecule has 2 aromatic rings. The fraction of sp³-hybridized carbons (Fsp3) is 0.400. The molecule has 0 radical (unpaired) electrons. The number of ether oxygens (including phenoxy) is 2. The average Bonchev–Trinajstić information content (AvgIpc) is 2.81. The van der Waals surface area contributed by atoms with Crippen molar-refractivity contribution in [3.8, 4) is 5.75 Å². The van der Waals surface area contributed by atoms with Crippen LogP contribution in [0.15, 0.2) is 42.5 Å². The largest absolute Gasteiger partial charge is 0.490 e. The summed E-state index contributed by atoms with van der Waals surface area (Å²) in [6, 6.07) is 12.2. The maximum atomic E-state index is 13.2. The van der Waals surface area contributed by atoms with E-state index in [9.17, 15) is 14.4 Å². The van der Waals surface area contributed by atoms with Gasteiger partial charge in [-0.05, 0) is 48.7 Å². The molecule has 2 heterocycles. The van der Waals surface area contributed by atoms with Crippen LogP contribution in [-0.4, -0.2) is 54.5 Å². The number of hydrogen-bond acceptors (Lipinski definition) is 5. The lowest BCUT2D eigenvalue weighted by atomic mass is 9.94. The lowest BCUT2D eigenvalue weighted by Gasteiger charge is -2.42. The molecular weight excluding hydrogens is 458 g/mol. The highest BCUT2D eigenvalue weighted by atomic mass is 35.5. The molecule has 0 unspecified atom stereocenters. The van der Waals surface area contributed by atoms with Crippen LogP contribution in [0.5, 0.6) is 5.75 Å². The summed E-state index contributed by atoms with van der Waals surface area (Å²) < 4.78 is 12.2. The number of nitrogens with one attached hydrogen (secondary N) is 2. The fourth-order valence-electron chi connectivity index (χ4n) is 4.39. The number of nitrogens with zero attached hydrogens (tertiary/aromatic N) is 1. The van der Waals surface area contributed by atoms with Gasteiger partial charge in [0.05, 0.1) is 24.1 Å². The standard InChI is InChI=1S/C25H28ClN3O5/c1-15(30)28-18-7-10-22-20(11-18)25(32)29(2)21-9-8-19(34-23(21)14-33-22)12-24(31)27-13-16-3-5-17(26)6-4-16/h3-7,10-11,19,21,23H,8-9,12-14H2,1-2H3,(H,27,31)(H,28,30)/t19-,21-,23+/m1/s1. The smallest absolute Gasteiger partial charge is 0.257 e. The first-order chi connectivity index (χ1) is 16.3. The van der Waals surface area contributed by atoms with Crippen molar-refractivity contribution < 1.29 is 23.9 Å². The van der Waals surface area contributed by atoms with Crippen LogP contribution in [0.2, 0.25) is 5.02 Å². The number of amides is 3. The Morgan fingerprint density at radius 3 is 2.65 bits per heavy atom. The number of hydrogen-bond donors (Lipinski definition) is 2. The van der Waals surface area contributed by atoms with Gasteiger partial charge in [0.25, 0.3) is 5.91 Å². The minimum absolute atomic E-state index is 0.0922. The van der Waals surface area contributed by atoms with Gasteiger partial charge < -0.3 is 25.0 Å². The molecule has 9 heteroatoms. The van der Waals surface area contributed by atoms with Crippen molar-refractivity contribution in [2.45, 2.75) is 51.0 Å². The van der Waals surface area contributed by atoms with Crippen LogP contribution in [0.3, 0.4) is 0 Å². The van der Waals surface area contributed by atoms with Crippen molar-refractivity contribution in [1.29, 1.82) is 0 Å². The predicted molar refractivity (Wildman–Crippen MR) is 128 cm³/mol. The van der Waals surface area contributed by atoms with E-state index >= 15 is 0 Å². The number of halogens is 1. The van der Waals surface area contributed by atoms with E-state index in [1.54, 1.807) is 42.3 Å². The first kappa shape index (κ1) is 24.0. The van der Waals surface area contributed by atoms with Gasteiger partial charge in [0.1, 0.15) is 18.5 Å². The van der Waals surface area contributed by atoms with Crippen molar-refractivity contribution in [2.75, 3.05) is 19.0 Å². The highest BCUT2D eigenvalue weighted by Gasteiger charge is 2.39. The summed E-state index contributed by atoms with van der Waals surface area (Å²) in [6.45, 7) is 2.10. The van der Waals surface area contributed by atoms with Gasteiger partial charge in [-0.1, -0.05) is 23.7 Å². The minimum Gasteiger partial charge on any atom is -0.490 e. The summed E-state index contributed by atoms with van der Waals surface area (Å²) in [5.74, 6) is -0.0579. The minimum atomic E-state index is -0.347. The third kappa shape index (κ3) is 5.69. The molecule has 0 bridgehead atoms. The van der Waals surface area contributed by atoms with Gasteiger partial charge in [0.15, 0.2) is 0 Å². The van der Waals surface area contributed by atoms with E-state index in [2.05, 4.69) is 10.6 Å². The number of benzene rings is 2. The molecule has 4 rings (SSSR count). The molecule has 1 fully saturated rings. The van der Waals surface area contributed by atoms with Gasteiger partial charge in [0, 0.05) is 31.2 Å². The molecule has 2 aromatic carbocycles. The van der Waals surface area contributed by atoms with Crippen molar-refractivity contribution in [1.82, 2.24) is 10.2 Å². The SMILES string of the molecule is CC(=O)Nc1ccc2c(c1)C(=O)N(C)[C@@H]1CC[C@H](CC(=O)NCc3ccc(Cl)cc3)O[C@H]1CO2. The average molecular weight is 486 g/mol. The zero-order valence-corrected chi connectivity index (χ0v) is 19.9. The Bertz CT molecular complexity index is 1070. The number of likely N-dealkylation sites (N-methyl/N-ethyl adjacent to an activating group) is 1. The molecule has 0 aliphatic carbocycles. The second kappa shape index (κ2) is 10.4. The molecule has 0 aromatic heterocycles. The third-order valence-corrected chi connectivity index (χ3v) is 6.40. The molecular formula is C25H28ClN3O5. The lowest BCUT2D eigenvalue weighted by molar-refractivity contribution is -0.134. The van der Waals surface area contributed by atoms with Gasteiger partial charge in [0.2, 0.25) is 11.8 Å². The van der Waals surface area contributed by atoms with E-state index < -0.39 is 0 Å². The second-order valence-electron chi connectivity index (χ2n) is 8.67. The number of carbonyl (C=O) groups is 3. The molecule has 2 aliphatic rings. The van der Waals surface area contributed by atoms with Crippen molar-refractivity contribution >= 4 is 35.0 Å². The Kier molecular flexibility index (Phi) is 7.38. The topological polar surface area (TPSA) is 97.0 Å². The van der Waals surface area contributed by atoms with Crippen LogP contribution >= 0.6 is 11.6 Å². The molecule has 34 heavy (non-hydrogen) atoms. The van der Waals surface area contributed by atoms with Gasteiger partial charge in [-0.15, -0.1) is 0 Å². The number of fused-ring (bicyclic) bond motifs is 2. The summed E-state index contributed by atoms with van der Waals surface area (Å²) in [7, 11) is 1.75. The van der Waals surface area contributed by atoms with Crippen molar-refractivity contribution in [3.63, 3.8) is 0 Å². The Hall–Kier alpha value is -3.10. The molecule has 3 amide bonds. The summed E-state index contributed by atoms with van der Waals surface area (Å²) in [5, 5.41) is 6.27. The second-order valence-corrected chi connectivity index (χ2v) is 9.10. The third-order valence-electron chi connectivity index (χ3n) is 6.15. The van der Waals surface area contributed by atoms with Gasteiger partial charge >= 0.3 is 0 Å². The number of anilines is 1. The van der Waals surface area contributed by atoms with Crippen LogP contribution in [0, 0.1) is 0 Å². The molecule has 8 nitrogen and oxygen atoms in total. The van der Waals surface area contributed by atoms with E-state index in [-0.39, 0.29) is 49.0 Å². The summed E-state index contributed by atoms with van der Waals surface area (Å²) in [4.78, 5) is 38.7. The molecule has 180 valence electrons. The molecule has 1 saturated heterocycles. The maximum absolute atomic E-state index is 13.2. The highest BCUT2D eigenvalue weighted by molar-refractivity contribution is 6.30. The summed E-state index contributed by atoms with van der Waals surface area (Å²) in [5.41, 5.74) is 1.91. The predicted octanol–water partition coefficient (Wildman–Crippen LogP) is 3.39. The Labute approximate surface area is 203 Å². The van der Waals surface area contributed by atoms with Crippen LogP contribution in [0.25, 0.3) is 0 Å². The normalized spacial score (nSPS) is 21.9. The monoisotopic (exact) mass is 485 g/mol. The van der Waals surface area contributed by atoms with Crippen LogP contribution in [0.4, 0.5) is 5.69 Å². The highest BCUT2D eigenvalue weighted by Crippen LogP contribution is 2.32. The summed E-state index contributed by atoms with van der Waals surface area (Å²) >= 11 is 5.90. The van der Waals surface area contributed by atoms with Crippen molar-refractivity contribution in [2.24, 2.45) is 0 Å². The van der Waals surface area contributed by atoms with Gasteiger partial charge in [-0.2, -0.15) is 0 Å². The van der Waals surface area contributed by atoms with E-state index in [0.717, 1.165) is 5.56 Å². The van der Waals surface area contributed by atoms with E-state index in [1.165, 1.54) is 6.92 Å². The number of rotatable bonds is 5. The van der Waals surface area contributed by atoms with Gasteiger partial charge in [-0.3, -0.25) is 14.4 Å². The van der Waals surface area contributed by atoms with Gasteiger partial charge in [-0.25, -0.2) is 0 Å². The molecule has 2 aliphatic heterocycles. The zero-order chi connectivity index (χ0) is 24.2. The lowest BCUT2D eigenvalue weighted by Crippen LogP contribution is -2.53. The quantitative estimate of drug-likeness (QED) is 0.676. The summed E-state index contributed by atoms with van der Waals surface area (Å²) in [6.07, 6.45) is 1.00. The van der Waals surface area contributed by atoms with Crippen LogP contribution < -0.4 is 15.4 Å². The van der Waals surface area contributed by atoms with Crippen molar-refractivity contribution in [3.05, 3.63) is 58.6 Å². The molecule has 0 saturated carbocycles. The molecule has 2 N–H and O–H groups in total. The first-order valence-electron chi connectivity index (χ1n) is 11.3. The number of carbonyl (C=O) groups excluding carboxylic acids is 3. The van der Waals surface area contributed by atoms with E-state index in [1.807, 2.05) is 12.1 Å².